The molecule has 0 fully saturated rings. The average molecular weight is 163 g/mol. The molecule has 0 bridgehead atoms. The number of aryl methyl sites for hydroxylation is 1. The molecule has 0 aliphatic rings. The predicted molar refractivity (Wildman–Crippen MR) is 42.5 cm³/mol. The van der Waals surface area contributed by atoms with Gasteiger partial charge in [0.05, 0.1) is 5.69 Å². The van der Waals surface area contributed by atoms with E-state index in [0.717, 1.165) is 10.7 Å². The molecule has 0 unspecified atom stereocenters. The Morgan fingerprint density at radius 3 is 3.27 bits per heavy atom. The first-order valence-corrected chi connectivity index (χ1v) is 4.03. The van der Waals surface area contributed by atoms with E-state index in [1.165, 1.54) is 11.3 Å². The van der Waals surface area contributed by atoms with E-state index in [1.807, 2.05) is 18.5 Å². The fourth-order valence-corrected chi connectivity index (χ4v) is 1.79. The van der Waals surface area contributed by atoms with Crippen molar-refractivity contribution in [3.05, 3.63) is 23.0 Å². The lowest BCUT2D eigenvalue weighted by Crippen LogP contribution is -1.82. The van der Waals surface area contributed by atoms with Gasteiger partial charge in [-0.05, 0) is 6.92 Å². The van der Waals surface area contributed by atoms with E-state index in [2.05, 4.69) is 11.1 Å². The molecule has 0 aromatic carbocycles. The van der Waals surface area contributed by atoms with Crippen molar-refractivity contribution in [3.8, 4) is 6.07 Å². The summed E-state index contributed by atoms with van der Waals surface area (Å²) in [6.07, 6.45) is 1.86. The molecule has 2 rings (SSSR count). The fraction of sp³-hybridized carbons (Fsp3) is 0.143. The Bertz CT molecular complexity index is 432. The van der Waals surface area contributed by atoms with E-state index in [-0.39, 0.29) is 0 Å². The van der Waals surface area contributed by atoms with Crippen molar-refractivity contribution in [3.63, 3.8) is 0 Å². The Balaban J connectivity index is 2.94. The van der Waals surface area contributed by atoms with E-state index < -0.39 is 0 Å². The van der Waals surface area contributed by atoms with Crippen molar-refractivity contribution in [1.82, 2.24) is 9.38 Å². The smallest absolute Gasteiger partial charge is 0.194 e. The maximum atomic E-state index is 8.72. The maximum Gasteiger partial charge on any atom is 0.194 e. The normalized spacial score (nSPS) is 10.2. The number of aromatic nitrogens is 2. The molecule has 0 aliphatic carbocycles. The number of hydrogen-bond donors (Lipinski definition) is 0. The topological polar surface area (TPSA) is 41.1 Å². The molecular formula is C7H5N3S. The molecular weight excluding hydrogens is 158 g/mol. The van der Waals surface area contributed by atoms with Gasteiger partial charge in [-0.3, -0.25) is 4.40 Å². The van der Waals surface area contributed by atoms with Gasteiger partial charge >= 0.3 is 0 Å². The van der Waals surface area contributed by atoms with Crippen LogP contribution < -0.4 is 0 Å². The highest BCUT2D eigenvalue weighted by Gasteiger charge is 2.06. The van der Waals surface area contributed by atoms with Crippen LogP contribution in [-0.2, 0) is 0 Å². The largest absolute Gasteiger partial charge is 0.282 e. The van der Waals surface area contributed by atoms with E-state index >= 15 is 0 Å². The number of nitriles is 1. The minimum Gasteiger partial charge on any atom is -0.282 e. The molecule has 0 atom stereocenters. The van der Waals surface area contributed by atoms with E-state index in [4.69, 9.17) is 5.26 Å². The minimum atomic E-state index is 0.640. The molecule has 3 nitrogen and oxygen atoms in total. The van der Waals surface area contributed by atoms with Crippen LogP contribution in [0.1, 0.15) is 11.4 Å². The molecule has 54 valence electrons. The Hall–Kier alpha value is -1.34. The lowest BCUT2D eigenvalue weighted by Gasteiger charge is -1.83. The summed E-state index contributed by atoms with van der Waals surface area (Å²) in [4.78, 5) is 5.09. The highest BCUT2D eigenvalue weighted by molar-refractivity contribution is 7.15. The van der Waals surface area contributed by atoms with Crippen LogP contribution in [0.3, 0.4) is 0 Å². The van der Waals surface area contributed by atoms with Crippen molar-refractivity contribution in [2.75, 3.05) is 0 Å². The fourth-order valence-electron chi connectivity index (χ4n) is 1.03. The van der Waals surface area contributed by atoms with Gasteiger partial charge in [0, 0.05) is 11.6 Å². The molecule has 4 heteroatoms. The van der Waals surface area contributed by atoms with E-state index in [0.29, 0.717) is 5.69 Å². The second-order valence-electron chi connectivity index (χ2n) is 2.21. The number of imidazole rings is 1. The first-order chi connectivity index (χ1) is 5.33. The molecule has 0 saturated heterocycles. The summed E-state index contributed by atoms with van der Waals surface area (Å²) in [5.74, 6) is 0. The molecule has 11 heavy (non-hydrogen) atoms. The van der Waals surface area contributed by atoms with Gasteiger partial charge in [-0.1, -0.05) is 0 Å². The van der Waals surface area contributed by atoms with Crippen molar-refractivity contribution < 1.29 is 0 Å². The lowest BCUT2D eigenvalue weighted by atomic mass is 10.4. The zero-order valence-corrected chi connectivity index (χ0v) is 6.72. The number of thiazole rings is 1. The summed E-state index contributed by atoms with van der Waals surface area (Å²) < 4.78 is 1.81. The molecule has 0 N–H and O–H groups in total. The minimum absolute atomic E-state index is 0.640. The second kappa shape index (κ2) is 2.07. The molecule has 0 radical (unpaired) electrons. The van der Waals surface area contributed by atoms with Gasteiger partial charge in [-0.2, -0.15) is 5.26 Å². The summed E-state index contributed by atoms with van der Waals surface area (Å²) in [6, 6.07) is 2.11. The van der Waals surface area contributed by atoms with Gasteiger partial charge in [0.25, 0.3) is 0 Å². The van der Waals surface area contributed by atoms with Crippen LogP contribution in [0, 0.1) is 18.3 Å². The highest BCUT2D eigenvalue weighted by atomic mass is 32.1. The van der Waals surface area contributed by atoms with Gasteiger partial charge in [0.15, 0.2) is 4.96 Å². The quantitative estimate of drug-likeness (QED) is 0.591. The molecule has 0 spiro atoms. The van der Waals surface area contributed by atoms with Crippen molar-refractivity contribution >= 4 is 16.3 Å². The van der Waals surface area contributed by atoms with Crippen LogP contribution in [0.4, 0.5) is 0 Å². The molecule has 0 aliphatic heterocycles. The van der Waals surface area contributed by atoms with Gasteiger partial charge < -0.3 is 0 Å². The van der Waals surface area contributed by atoms with Crippen LogP contribution in [0.5, 0.6) is 0 Å². The predicted octanol–water partition coefficient (Wildman–Crippen LogP) is 1.58. The van der Waals surface area contributed by atoms with Crippen LogP contribution in [0.2, 0.25) is 0 Å². The van der Waals surface area contributed by atoms with Gasteiger partial charge in [0.1, 0.15) is 11.8 Å². The molecule has 2 aromatic rings. The lowest BCUT2D eigenvalue weighted by molar-refractivity contribution is 1.17. The maximum absolute atomic E-state index is 8.72. The van der Waals surface area contributed by atoms with Crippen LogP contribution in [0.15, 0.2) is 11.6 Å². The third-order valence-corrected chi connectivity index (χ3v) is 2.30. The molecule has 2 aromatic heterocycles. The number of nitrogens with zero attached hydrogens (tertiary/aromatic N) is 3. The zero-order chi connectivity index (χ0) is 7.84. The number of rotatable bonds is 0. The number of fused-ring (bicyclic) bond motifs is 1. The van der Waals surface area contributed by atoms with Gasteiger partial charge in [-0.15, -0.1) is 11.3 Å². The summed E-state index contributed by atoms with van der Waals surface area (Å²) in [7, 11) is 0. The highest BCUT2D eigenvalue weighted by Crippen LogP contribution is 2.15. The van der Waals surface area contributed by atoms with Crippen molar-refractivity contribution in [1.29, 1.82) is 5.26 Å². The van der Waals surface area contributed by atoms with Gasteiger partial charge in [0.2, 0.25) is 0 Å². The SMILES string of the molecule is Cc1nc2sccn2c1C#N. The van der Waals surface area contributed by atoms with E-state index in [1.54, 1.807) is 4.40 Å². The Morgan fingerprint density at radius 2 is 2.55 bits per heavy atom. The molecule has 0 amide bonds. The third kappa shape index (κ3) is 0.748. The first kappa shape index (κ1) is 6.38. The Kier molecular flexibility index (Phi) is 1.20. The molecule has 0 saturated carbocycles. The van der Waals surface area contributed by atoms with E-state index in [9.17, 15) is 0 Å². The molecule has 2 heterocycles. The summed E-state index contributed by atoms with van der Waals surface area (Å²) in [6.45, 7) is 1.85. The van der Waals surface area contributed by atoms with Crippen molar-refractivity contribution in [2.45, 2.75) is 6.92 Å². The third-order valence-electron chi connectivity index (χ3n) is 1.54. The monoisotopic (exact) mass is 163 g/mol. The Morgan fingerprint density at radius 1 is 1.73 bits per heavy atom. The standard InChI is InChI=1S/C7H5N3S/c1-5-6(4-8)10-2-3-11-7(10)9-5/h2-3H,1H3. The zero-order valence-electron chi connectivity index (χ0n) is 5.90. The summed E-state index contributed by atoms with van der Waals surface area (Å²) >= 11 is 1.54. The average Bonchev–Trinajstić information content (AvgIpc) is 2.46. The summed E-state index contributed by atoms with van der Waals surface area (Å²) in [5.41, 5.74) is 1.45. The van der Waals surface area contributed by atoms with Crippen molar-refractivity contribution in [2.24, 2.45) is 0 Å². The number of hydrogen-bond acceptors (Lipinski definition) is 3. The second-order valence-corrected chi connectivity index (χ2v) is 3.09. The van der Waals surface area contributed by atoms with Crippen LogP contribution in [0.25, 0.3) is 4.96 Å². The Labute approximate surface area is 67.5 Å². The van der Waals surface area contributed by atoms with Gasteiger partial charge in [-0.25, -0.2) is 4.98 Å². The van der Waals surface area contributed by atoms with Crippen LogP contribution in [-0.4, -0.2) is 9.38 Å². The first-order valence-electron chi connectivity index (χ1n) is 3.15. The van der Waals surface area contributed by atoms with Crippen LogP contribution >= 0.6 is 11.3 Å². The summed E-state index contributed by atoms with van der Waals surface area (Å²) in [5, 5.41) is 10.6.